The lowest BCUT2D eigenvalue weighted by atomic mass is 10.1. The van der Waals surface area contributed by atoms with E-state index in [0.717, 1.165) is 11.3 Å². The van der Waals surface area contributed by atoms with Crippen molar-refractivity contribution in [3.63, 3.8) is 0 Å². The largest absolute Gasteiger partial charge is 0.464 e. The fourth-order valence-electron chi connectivity index (χ4n) is 3.06. The van der Waals surface area contributed by atoms with E-state index in [4.69, 9.17) is 4.74 Å². The Balaban J connectivity index is 2.06. The van der Waals surface area contributed by atoms with E-state index in [1.54, 1.807) is 24.3 Å². The number of aromatic nitrogens is 2. The number of esters is 1. The van der Waals surface area contributed by atoms with Gasteiger partial charge in [-0.25, -0.2) is 9.78 Å². The monoisotopic (exact) mass is 450 g/mol. The number of aliphatic hydroxyl groups is 4. The van der Waals surface area contributed by atoms with Crippen molar-refractivity contribution in [3.8, 4) is 0 Å². The Morgan fingerprint density at radius 1 is 1.23 bits per heavy atom. The number of nitrogens with zero attached hydrogens (tertiary/aromatic N) is 2. The molecule has 3 rings (SSSR count). The lowest BCUT2D eigenvalue weighted by Gasteiger charge is -2.28. The summed E-state index contributed by atoms with van der Waals surface area (Å²) in [5, 5.41) is 41.0. The molecule has 3 unspecified atom stereocenters. The highest BCUT2D eigenvalue weighted by Crippen LogP contribution is 2.30. The molecule has 0 spiro atoms. The normalized spacial score (nSPS) is 14.5. The molecule has 0 saturated heterocycles. The summed E-state index contributed by atoms with van der Waals surface area (Å²) in [6, 6.07) is 6.74. The van der Waals surface area contributed by atoms with Crippen LogP contribution in [0.3, 0.4) is 0 Å². The Morgan fingerprint density at radius 3 is 2.55 bits per heavy atom. The first kappa shape index (κ1) is 23.0. The topological polar surface area (TPSA) is 151 Å². The van der Waals surface area contributed by atoms with Gasteiger partial charge in [0.1, 0.15) is 6.10 Å². The number of ether oxygens (including phenoxy) is 2. The smallest absolute Gasteiger partial charge is 0.357 e. The average molecular weight is 450 g/mol. The van der Waals surface area contributed by atoms with E-state index in [2.05, 4.69) is 9.72 Å². The fourth-order valence-corrected chi connectivity index (χ4v) is 3.80. The standard InChI is InChI=1S/C20H22N2O8S/c1-10(24)15(8-23)30-18(19(26)27)22-7-12(11-5-3-4-6-14(11)22)16(25)17-21-13(9-31-17)20(28)29-2/h3-7,9-10,15,18-19,23-24,26-27H,8H2,1-2H3. The molecule has 0 amide bonds. The first-order valence-electron chi connectivity index (χ1n) is 9.27. The van der Waals surface area contributed by atoms with Crippen molar-refractivity contribution >= 4 is 34.0 Å². The second kappa shape index (κ2) is 9.64. The number of fused-ring (bicyclic) bond motifs is 1. The number of hydrogen-bond acceptors (Lipinski definition) is 10. The van der Waals surface area contributed by atoms with Gasteiger partial charge < -0.3 is 34.5 Å². The van der Waals surface area contributed by atoms with Crippen LogP contribution in [0.2, 0.25) is 0 Å². The van der Waals surface area contributed by atoms with Gasteiger partial charge >= 0.3 is 5.97 Å². The van der Waals surface area contributed by atoms with Crippen LogP contribution in [0.25, 0.3) is 10.9 Å². The quantitative estimate of drug-likeness (QED) is 0.210. The summed E-state index contributed by atoms with van der Waals surface area (Å²) in [4.78, 5) is 28.8. The van der Waals surface area contributed by atoms with Gasteiger partial charge in [-0.15, -0.1) is 11.3 Å². The zero-order chi connectivity index (χ0) is 22.7. The van der Waals surface area contributed by atoms with E-state index >= 15 is 0 Å². The third-order valence-corrected chi connectivity index (χ3v) is 5.48. The van der Waals surface area contributed by atoms with Crippen molar-refractivity contribution in [3.05, 3.63) is 52.1 Å². The Labute approximate surface area is 180 Å². The minimum absolute atomic E-state index is 0.00861. The summed E-state index contributed by atoms with van der Waals surface area (Å²) in [6.45, 7) is 0.840. The van der Waals surface area contributed by atoms with Crippen LogP contribution < -0.4 is 0 Å². The fraction of sp³-hybridized carbons (Fsp3) is 0.350. The Bertz CT molecular complexity index is 1070. The maximum absolute atomic E-state index is 13.1. The van der Waals surface area contributed by atoms with Crippen molar-refractivity contribution < 1.29 is 39.5 Å². The van der Waals surface area contributed by atoms with Gasteiger partial charge in [0.15, 0.2) is 23.2 Å². The van der Waals surface area contributed by atoms with Crippen molar-refractivity contribution in [1.82, 2.24) is 9.55 Å². The molecule has 0 radical (unpaired) electrons. The summed E-state index contributed by atoms with van der Waals surface area (Å²) in [5.74, 6) is -1.14. The Hall–Kier alpha value is -2.67. The number of hydrogen-bond donors (Lipinski definition) is 4. The Kier molecular flexibility index (Phi) is 7.15. The van der Waals surface area contributed by atoms with Gasteiger partial charge in [-0.2, -0.15) is 0 Å². The molecule has 0 aliphatic carbocycles. The molecule has 3 aromatic rings. The van der Waals surface area contributed by atoms with E-state index < -0.39 is 43.1 Å². The van der Waals surface area contributed by atoms with Crippen LogP contribution in [0.5, 0.6) is 0 Å². The summed E-state index contributed by atoms with van der Waals surface area (Å²) < 4.78 is 11.5. The third-order valence-electron chi connectivity index (χ3n) is 4.64. The predicted molar refractivity (Wildman–Crippen MR) is 110 cm³/mol. The molecule has 10 nitrogen and oxygen atoms in total. The van der Waals surface area contributed by atoms with Crippen LogP contribution in [-0.4, -0.2) is 73.9 Å². The molecule has 0 bridgehead atoms. The van der Waals surface area contributed by atoms with Crippen molar-refractivity contribution in [2.45, 2.75) is 31.6 Å². The van der Waals surface area contributed by atoms with Gasteiger partial charge in [0.05, 0.1) is 30.9 Å². The number of thiazole rings is 1. The molecule has 166 valence electrons. The van der Waals surface area contributed by atoms with Gasteiger partial charge in [-0.05, 0) is 13.0 Å². The number of carbonyl (C=O) groups excluding carboxylic acids is 2. The number of para-hydroxylation sites is 1. The van der Waals surface area contributed by atoms with Crippen molar-refractivity contribution in [2.24, 2.45) is 0 Å². The first-order chi connectivity index (χ1) is 14.8. The Morgan fingerprint density at radius 2 is 1.94 bits per heavy atom. The van der Waals surface area contributed by atoms with Crippen LogP contribution in [-0.2, 0) is 9.47 Å². The van der Waals surface area contributed by atoms with Gasteiger partial charge in [0.2, 0.25) is 5.78 Å². The minimum atomic E-state index is -2.02. The maximum Gasteiger partial charge on any atom is 0.357 e. The molecular formula is C20H22N2O8S. The highest BCUT2D eigenvalue weighted by atomic mass is 32.1. The molecule has 0 fully saturated rings. The number of ketones is 1. The van der Waals surface area contributed by atoms with E-state index in [-0.39, 0.29) is 16.3 Å². The van der Waals surface area contributed by atoms with Crippen LogP contribution in [0, 0.1) is 0 Å². The van der Waals surface area contributed by atoms with E-state index in [0.29, 0.717) is 10.9 Å². The lowest BCUT2D eigenvalue weighted by molar-refractivity contribution is -0.213. The van der Waals surface area contributed by atoms with Gasteiger partial charge in [-0.3, -0.25) is 4.79 Å². The highest BCUT2D eigenvalue weighted by Gasteiger charge is 2.30. The summed E-state index contributed by atoms with van der Waals surface area (Å²) in [6.07, 6.45) is -4.22. The first-order valence-corrected chi connectivity index (χ1v) is 10.1. The lowest BCUT2D eigenvalue weighted by Crippen LogP contribution is -2.37. The number of carbonyl (C=O) groups is 2. The predicted octanol–water partition coefficient (Wildman–Crippen LogP) is 0.683. The molecular weight excluding hydrogens is 428 g/mol. The van der Waals surface area contributed by atoms with E-state index in [1.807, 2.05) is 0 Å². The average Bonchev–Trinajstić information content (AvgIpc) is 3.39. The molecule has 1 aromatic carbocycles. The van der Waals surface area contributed by atoms with Crippen LogP contribution >= 0.6 is 11.3 Å². The van der Waals surface area contributed by atoms with Gasteiger partial charge in [-0.1, -0.05) is 18.2 Å². The molecule has 0 aliphatic heterocycles. The zero-order valence-corrected chi connectivity index (χ0v) is 17.5. The van der Waals surface area contributed by atoms with E-state index in [1.165, 1.54) is 30.2 Å². The molecule has 2 aromatic heterocycles. The molecule has 0 aliphatic rings. The van der Waals surface area contributed by atoms with Crippen molar-refractivity contribution in [1.29, 1.82) is 0 Å². The molecule has 0 saturated carbocycles. The number of benzene rings is 1. The second-order valence-corrected chi connectivity index (χ2v) is 7.59. The van der Waals surface area contributed by atoms with E-state index in [9.17, 15) is 30.0 Å². The van der Waals surface area contributed by atoms with Crippen LogP contribution in [0.15, 0.2) is 35.8 Å². The molecule has 2 heterocycles. The zero-order valence-electron chi connectivity index (χ0n) is 16.7. The van der Waals surface area contributed by atoms with Crippen LogP contribution in [0.1, 0.15) is 39.0 Å². The number of aliphatic hydroxyl groups excluding tert-OH is 3. The number of rotatable bonds is 9. The second-order valence-electron chi connectivity index (χ2n) is 6.73. The SMILES string of the molecule is COC(=O)c1csc(C(=O)c2cn(C(OC(CO)C(C)O)C(O)O)c3ccccc23)n1. The van der Waals surface area contributed by atoms with Gasteiger partial charge in [0, 0.05) is 17.0 Å². The van der Waals surface area contributed by atoms with Crippen molar-refractivity contribution in [2.75, 3.05) is 13.7 Å². The molecule has 4 N–H and O–H groups in total. The molecule has 11 heteroatoms. The summed E-state index contributed by atoms with van der Waals surface area (Å²) in [5.41, 5.74) is 0.665. The summed E-state index contributed by atoms with van der Waals surface area (Å²) >= 11 is 0.980. The third kappa shape index (κ3) is 4.66. The highest BCUT2D eigenvalue weighted by molar-refractivity contribution is 7.12. The minimum Gasteiger partial charge on any atom is -0.464 e. The maximum atomic E-state index is 13.1. The summed E-state index contributed by atoms with van der Waals surface area (Å²) in [7, 11) is 1.21. The molecule has 3 atom stereocenters. The van der Waals surface area contributed by atoms with Gasteiger partial charge in [0.25, 0.3) is 0 Å². The number of methoxy groups -OCH3 is 1. The van der Waals surface area contributed by atoms with Crippen LogP contribution in [0.4, 0.5) is 0 Å². The molecule has 31 heavy (non-hydrogen) atoms.